The smallest absolute Gasteiger partial charge is 0.382 e. The van der Waals surface area contributed by atoms with Crippen LogP contribution in [0.5, 0.6) is 0 Å². The van der Waals surface area contributed by atoms with E-state index in [0.717, 1.165) is 10.6 Å². The Hall–Kier alpha value is -2.97. The lowest BCUT2D eigenvalue weighted by Crippen LogP contribution is -2.15. The molecule has 0 atom stereocenters. The van der Waals surface area contributed by atoms with Gasteiger partial charge >= 0.3 is 6.18 Å². The highest BCUT2D eigenvalue weighted by molar-refractivity contribution is 5.93. The van der Waals surface area contributed by atoms with E-state index >= 15 is 0 Å². The molecule has 0 aliphatic rings. The first-order valence-electron chi connectivity index (χ1n) is 6.78. The highest BCUT2D eigenvalue weighted by atomic mass is 19.4. The Bertz CT molecular complexity index is 929. The molecule has 0 bridgehead atoms. The summed E-state index contributed by atoms with van der Waals surface area (Å²) in [5.41, 5.74) is 4.99. The molecule has 9 heteroatoms. The van der Waals surface area contributed by atoms with Crippen LogP contribution in [0.4, 0.5) is 17.6 Å². The molecule has 0 spiro atoms. The van der Waals surface area contributed by atoms with E-state index in [0.29, 0.717) is 5.56 Å². The van der Waals surface area contributed by atoms with Gasteiger partial charge in [-0.15, -0.1) is 0 Å². The minimum absolute atomic E-state index is 0.0139. The minimum Gasteiger partial charge on any atom is -0.382 e. The third-order valence-electron chi connectivity index (χ3n) is 3.33. The van der Waals surface area contributed by atoms with E-state index in [9.17, 15) is 17.6 Å². The molecule has 0 radical (unpaired) electrons. The van der Waals surface area contributed by atoms with E-state index in [1.165, 1.54) is 24.4 Å². The van der Waals surface area contributed by atoms with Crippen LogP contribution in [0, 0.1) is 11.2 Å². The third-order valence-corrected chi connectivity index (χ3v) is 3.33. The molecule has 0 aliphatic heterocycles. The minimum atomic E-state index is -4.61. The molecule has 3 rings (SSSR count). The van der Waals surface area contributed by atoms with Crippen LogP contribution in [0.15, 0.2) is 36.7 Å². The number of hydrogen-bond donors (Lipinski definition) is 2. The van der Waals surface area contributed by atoms with Crippen LogP contribution in [-0.4, -0.2) is 20.2 Å². The number of fused-ring (bicyclic) bond motifs is 1. The molecule has 124 valence electrons. The fourth-order valence-electron chi connectivity index (χ4n) is 2.29. The van der Waals surface area contributed by atoms with Crippen molar-refractivity contribution < 1.29 is 17.6 Å². The summed E-state index contributed by atoms with van der Waals surface area (Å²) >= 11 is 0. The monoisotopic (exact) mass is 337 g/mol. The molecule has 3 aromatic rings. The van der Waals surface area contributed by atoms with Gasteiger partial charge < -0.3 is 10.1 Å². The van der Waals surface area contributed by atoms with Crippen molar-refractivity contribution in [3.63, 3.8) is 0 Å². The number of halogens is 4. The molecule has 0 unspecified atom stereocenters. The zero-order valence-corrected chi connectivity index (χ0v) is 12.1. The van der Waals surface area contributed by atoms with Gasteiger partial charge in [0, 0.05) is 18.8 Å². The first kappa shape index (κ1) is 15.9. The molecule has 5 nitrogen and oxygen atoms in total. The van der Waals surface area contributed by atoms with Crippen LogP contribution in [-0.2, 0) is 12.6 Å². The lowest BCUT2D eigenvalue weighted by atomic mass is 10.1. The molecule has 24 heavy (non-hydrogen) atoms. The van der Waals surface area contributed by atoms with Gasteiger partial charge in [-0.3, -0.25) is 5.41 Å². The molecular formula is C15H11F4N5. The zero-order valence-electron chi connectivity index (χ0n) is 12.1. The second-order valence-corrected chi connectivity index (χ2v) is 5.15. The highest BCUT2D eigenvalue weighted by Crippen LogP contribution is 2.29. The Morgan fingerprint density at radius 1 is 1.21 bits per heavy atom. The first-order valence-corrected chi connectivity index (χ1v) is 6.78. The van der Waals surface area contributed by atoms with Crippen LogP contribution in [0.1, 0.15) is 22.6 Å². The predicted octanol–water partition coefficient (Wildman–Crippen LogP) is 2.76. The summed E-state index contributed by atoms with van der Waals surface area (Å²) in [6.07, 6.45) is -2.55. The second-order valence-electron chi connectivity index (χ2n) is 5.15. The van der Waals surface area contributed by atoms with E-state index in [1.54, 1.807) is 6.07 Å². The normalized spacial score (nSPS) is 11.8. The second kappa shape index (κ2) is 5.59. The summed E-state index contributed by atoms with van der Waals surface area (Å²) in [6.45, 7) is 0. The van der Waals surface area contributed by atoms with Gasteiger partial charge in [0.1, 0.15) is 17.3 Å². The first-order chi connectivity index (χ1) is 11.2. The average molecular weight is 337 g/mol. The number of nitrogens with two attached hydrogens (primary N) is 1. The third kappa shape index (κ3) is 3.05. The number of nitrogen functional groups attached to an aromatic ring is 1. The molecule has 0 fully saturated rings. The molecule has 3 N–H and O–H groups in total. The Balaban J connectivity index is 2.16. The van der Waals surface area contributed by atoms with Crippen molar-refractivity contribution in [3.8, 4) is 0 Å². The molecule has 2 heterocycles. The standard InChI is InChI=1S/C15H11F4N5/c16-9-3-1-2-8(4-9)5-10-14-23-12(15(17,18)19)7-24(14)6-11(22-10)13(20)21/h1-4,6-7H,5H2,(H3,20,21). The highest BCUT2D eigenvalue weighted by Gasteiger charge is 2.34. The Labute approximate surface area is 133 Å². The summed E-state index contributed by atoms with van der Waals surface area (Å²) in [6, 6.07) is 5.63. The van der Waals surface area contributed by atoms with Crippen molar-refractivity contribution in [1.82, 2.24) is 14.4 Å². The summed E-state index contributed by atoms with van der Waals surface area (Å²) in [5, 5.41) is 7.45. The van der Waals surface area contributed by atoms with Crippen molar-refractivity contribution in [3.05, 3.63) is 65.1 Å². The Morgan fingerprint density at radius 2 is 1.96 bits per heavy atom. The molecule has 2 aromatic heterocycles. The molecule has 0 aliphatic carbocycles. The van der Waals surface area contributed by atoms with Gasteiger partial charge in [0.15, 0.2) is 11.3 Å². The van der Waals surface area contributed by atoms with Crippen LogP contribution in [0.3, 0.4) is 0 Å². The lowest BCUT2D eigenvalue weighted by molar-refractivity contribution is -0.140. The summed E-state index contributed by atoms with van der Waals surface area (Å²) in [5.74, 6) is -0.856. The topological polar surface area (TPSA) is 80.1 Å². The number of nitrogens with one attached hydrogen (secondary N) is 1. The SMILES string of the molecule is N=C(N)c1cn2cc(C(F)(F)F)nc2c(Cc2cccc(F)c2)n1. The lowest BCUT2D eigenvalue weighted by Gasteiger charge is -2.07. The largest absolute Gasteiger partial charge is 0.434 e. The summed E-state index contributed by atoms with van der Waals surface area (Å²) in [7, 11) is 0. The van der Waals surface area contributed by atoms with Crippen LogP contribution < -0.4 is 5.73 Å². The molecule has 1 aromatic carbocycles. The quantitative estimate of drug-likeness (QED) is 0.438. The van der Waals surface area contributed by atoms with E-state index in [1.807, 2.05) is 0 Å². The van der Waals surface area contributed by atoms with Gasteiger partial charge in [-0.2, -0.15) is 13.2 Å². The number of benzene rings is 1. The zero-order chi connectivity index (χ0) is 17.5. The molecule has 0 amide bonds. The number of rotatable bonds is 3. The Morgan fingerprint density at radius 3 is 2.58 bits per heavy atom. The van der Waals surface area contributed by atoms with E-state index in [4.69, 9.17) is 11.1 Å². The van der Waals surface area contributed by atoms with E-state index in [-0.39, 0.29) is 29.3 Å². The van der Waals surface area contributed by atoms with Gasteiger partial charge in [-0.05, 0) is 17.7 Å². The molecule has 0 saturated carbocycles. The van der Waals surface area contributed by atoms with Crippen molar-refractivity contribution in [2.24, 2.45) is 5.73 Å². The van der Waals surface area contributed by atoms with Gasteiger partial charge in [0.05, 0.1) is 5.69 Å². The van der Waals surface area contributed by atoms with Crippen molar-refractivity contribution in [2.45, 2.75) is 12.6 Å². The van der Waals surface area contributed by atoms with Crippen molar-refractivity contribution in [2.75, 3.05) is 0 Å². The molecule has 0 saturated heterocycles. The van der Waals surface area contributed by atoms with E-state index in [2.05, 4.69) is 9.97 Å². The maximum atomic E-state index is 13.3. The number of nitrogens with zero attached hydrogens (tertiary/aromatic N) is 3. The predicted molar refractivity (Wildman–Crippen MR) is 78.2 cm³/mol. The van der Waals surface area contributed by atoms with Gasteiger partial charge in [-0.25, -0.2) is 14.4 Å². The van der Waals surface area contributed by atoms with Crippen LogP contribution >= 0.6 is 0 Å². The number of amidine groups is 1. The Kier molecular flexibility index (Phi) is 3.70. The maximum absolute atomic E-state index is 13.3. The van der Waals surface area contributed by atoms with Crippen LogP contribution in [0.25, 0.3) is 5.65 Å². The summed E-state index contributed by atoms with van der Waals surface area (Å²) in [4.78, 5) is 7.67. The van der Waals surface area contributed by atoms with Crippen molar-refractivity contribution >= 4 is 11.5 Å². The van der Waals surface area contributed by atoms with Gasteiger partial charge in [-0.1, -0.05) is 12.1 Å². The van der Waals surface area contributed by atoms with E-state index < -0.39 is 17.7 Å². The molecular weight excluding hydrogens is 326 g/mol. The fourth-order valence-corrected chi connectivity index (χ4v) is 2.29. The number of alkyl halides is 3. The summed E-state index contributed by atoms with van der Waals surface area (Å²) < 4.78 is 53.1. The van der Waals surface area contributed by atoms with Gasteiger partial charge in [0.25, 0.3) is 0 Å². The average Bonchev–Trinajstić information content (AvgIpc) is 2.91. The fraction of sp³-hybridized carbons (Fsp3) is 0.133. The maximum Gasteiger partial charge on any atom is 0.434 e. The number of imidazole rings is 1. The number of aromatic nitrogens is 3. The van der Waals surface area contributed by atoms with Crippen molar-refractivity contribution in [1.29, 1.82) is 5.41 Å². The van der Waals surface area contributed by atoms with Crippen LogP contribution in [0.2, 0.25) is 0 Å². The number of hydrogen-bond acceptors (Lipinski definition) is 3. The van der Waals surface area contributed by atoms with Gasteiger partial charge in [0.2, 0.25) is 0 Å².